The molecule has 1 rings (SSSR count). The first kappa shape index (κ1) is 19.2. The predicted octanol–water partition coefficient (Wildman–Crippen LogP) is 4.21. The molecule has 0 aromatic heterocycles. The lowest BCUT2D eigenvalue weighted by atomic mass is 10.3. The molecule has 0 saturated carbocycles. The van der Waals surface area contributed by atoms with Gasteiger partial charge in [-0.2, -0.15) is 0 Å². The highest BCUT2D eigenvalue weighted by Crippen LogP contribution is 2.32. The van der Waals surface area contributed by atoms with Gasteiger partial charge in [-0.05, 0) is 26.0 Å². The molecule has 0 bridgehead atoms. The Morgan fingerprint density at radius 1 is 1.29 bits per heavy atom. The second-order valence-electron chi connectivity index (χ2n) is 3.68. The summed E-state index contributed by atoms with van der Waals surface area (Å²) >= 11 is 11.6. The Labute approximate surface area is 133 Å². The van der Waals surface area contributed by atoms with Crippen LogP contribution in [0.3, 0.4) is 0 Å². The largest absolute Gasteiger partial charge is 0.463 e. The van der Waals surface area contributed by atoms with Crippen molar-refractivity contribution in [2.75, 3.05) is 6.61 Å². The van der Waals surface area contributed by atoms with Crippen molar-refractivity contribution in [2.24, 2.45) is 0 Å². The number of ether oxygens (including phenoxy) is 2. The zero-order valence-electron chi connectivity index (χ0n) is 11.8. The summed E-state index contributed by atoms with van der Waals surface area (Å²) in [4.78, 5) is 21.2. The van der Waals surface area contributed by atoms with Crippen LogP contribution in [0, 0.1) is 0 Å². The van der Waals surface area contributed by atoms with E-state index in [2.05, 4.69) is 17.9 Å². The Bertz CT molecular complexity index is 518. The van der Waals surface area contributed by atoms with Crippen LogP contribution in [-0.2, 0) is 14.3 Å². The van der Waals surface area contributed by atoms with Gasteiger partial charge < -0.3 is 9.47 Å². The maximum atomic E-state index is 11.2. The molecule has 0 aliphatic heterocycles. The summed E-state index contributed by atoms with van der Waals surface area (Å²) in [6.07, 6.45) is 1.14. The molecule has 0 N–H and O–H groups in total. The molecule has 21 heavy (non-hydrogen) atoms. The van der Waals surface area contributed by atoms with Crippen LogP contribution in [-0.4, -0.2) is 18.5 Å². The number of carbonyl (C=O) groups excluding carboxylic acids is 2. The first-order valence-electron chi connectivity index (χ1n) is 5.94. The topological polar surface area (TPSA) is 52.6 Å². The molecule has 0 radical (unpaired) electrons. The minimum absolute atomic E-state index is 0.170. The van der Waals surface area contributed by atoms with Crippen molar-refractivity contribution in [1.82, 2.24) is 0 Å². The lowest BCUT2D eigenvalue weighted by molar-refractivity contribution is -0.137. The van der Waals surface area contributed by atoms with Gasteiger partial charge in [0.15, 0.2) is 5.75 Å². The average molecular weight is 331 g/mol. The molecule has 1 aromatic rings. The summed E-state index contributed by atoms with van der Waals surface area (Å²) in [5.41, 5.74) is 0.293. The summed E-state index contributed by atoms with van der Waals surface area (Å²) in [6.45, 7) is 10.4. The van der Waals surface area contributed by atoms with E-state index < -0.39 is 5.97 Å². The normalized spacial score (nSPS) is 8.95. The van der Waals surface area contributed by atoms with Gasteiger partial charge in [-0.15, -0.1) is 0 Å². The van der Waals surface area contributed by atoms with Crippen LogP contribution < -0.4 is 4.74 Å². The molecule has 0 amide bonds. The first-order chi connectivity index (χ1) is 9.83. The third kappa shape index (κ3) is 7.54. The number of halogens is 2. The van der Waals surface area contributed by atoms with Crippen molar-refractivity contribution < 1.29 is 19.1 Å². The van der Waals surface area contributed by atoms with Gasteiger partial charge in [0, 0.05) is 11.6 Å². The summed E-state index contributed by atoms with van der Waals surface area (Å²) in [5.74, 6) is -0.730. The van der Waals surface area contributed by atoms with E-state index in [0.29, 0.717) is 22.2 Å². The van der Waals surface area contributed by atoms with Gasteiger partial charge in [0.1, 0.15) is 0 Å². The lowest BCUT2D eigenvalue weighted by Crippen LogP contribution is -2.08. The van der Waals surface area contributed by atoms with E-state index in [1.54, 1.807) is 32.0 Å². The summed E-state index contributed by atoms with van der Waals surface area (Å²) in [7, 11) is 0. The van der Waals surface area contributed by atoms with Crippen LogP contribution in [0.4, 0.5) is 0 Å². The molecule has 0 saturated heterocycles. The monoisotopic (exact) mass is 330 g/mol. The standard InChI is InChI=1S/C10H8Cl2O2.C5H8O2/c1-6(2)10(13)14-9-7(11)4-3-5-8(9)12;1-3-5(6)7-4-2/h3-5H,1H2,2H3;3H,1,4H2,2H3. The van der Waals surface area contributed by atoms with Crippen LogP contribution in [0.25, 0.3) is 0 Å². The van der Waals surface area contributed by atoms with Crippen molar-refractivity contribution in [3.63, 3.8) is 0 Å². The Morgan fingerprint density at radius 2 is 1.81 bits per heavy atom. The molecule has 1 aromatic carbocycles. The van der Waals surface area contributed by atoms with Crippen molar-refractivity contribution >= 4 is 35.1 Å². The molecular formula is C15H16Cl2O4. The van der Waals surface area contributed by atoms with Crippen LogP contribution >= 0.6 is 23.2 Å². The maximum absolute atomic E-state index is 11.2. The van der Waals surface area contributed by atoms with Crippen LogP contribution in [0.15, 0.2) is 43.0 Å². The highest BCUT2D eigenvalue weighted by molar-refractivity contribution is 6.37. The van der Waals surface area contributed by atoms with Gasteiger partial charge in [0.05, 0.1) is 16.7 Å². The number of hydrogen-bond donors (Lipinski definition) is 0. The zero-order chi connectivity index (χ0) is 16.4. The van der Waals surface area contributed by atoms with Crippen LogP contribution in [0.1, 0.15) is 13.8 Å². The highest BCUT2D eigenvalue weighted by Gasteiger charge is 2.11. The SMILES string of the molecule is C=C(C)C(=O)Oc1c(Cl)cccc1Cl.C=CC(=O)OCC. The number of carbonyl (C=O) groups is 2. The smallest absolute Gasteiger partial charge is 0.338 e. The zero-order valence-corrected chi connectivity index (χ0v) is 13.3. The minimum Gasteiger partial charge on any atom is -0.463 e. The Hall–Kier alpha value is -1.78. The number of benzene rings is 1. The molecule has 0 atom stereocenters. The van der Waals surface area contributed by atoms with Gasteiger partial charge in [0.25, 0.3) is 0 Å². The minimum atomic E-state index is -0.542. The van der Waals surface area contributed by atoms with E-state index in [4.69, 9.17) is 27.9 Å². The third-order valence-electron chi connectivity index (χ3n) is 1.92. The van der Waals surface area contributed by atoms with Gasteiger partial charge in [-0.1, -0.05) is 42.4 Å². The van der Waals surface area contributed by atoms with E-state index in [1.165, 1.54) is 0 Å². The molecule has 6 heteroatoms. The fourth-order valence-electron chi connectivity index (χ4n) is 0.961. The van der Waals surface area contributed by atoms with Crippen molar-refractivity contribution in [2.45, 2.75) is 13.8 Å². The van der Waals surface area contributed by atoms with E-state index in [9.17, 15) is 9.59 Å². The van der Waals surface area contributed by atoms with E-state index >= 15 is 0 Å². The van der Waals surface area contributed by atoms with Crippen molar-refractivity contribution in [3.05, 3.63) is 53.1 Å². The first-order valence-corrected chi connectivity index (χ1v) is 6.69. The van der Waals surface area contributed by atoms with Gasteiger partial charge in [-0.25, -0.2) is 9.59 Å². The molecular weight excluding hydrogens is 315 g/mol. The van der Waals surface area contributed by atoms with Gasteiger partial charge >= 0.3 is 11.9 Å². The second-order valence-corrected chi connectivity index (χ2v) is 4.49. The number of para-hydroxylation sites is 1. The predicted molar refractivity (Wildman–Crippen MR) is 83.7 cm³/mol. The molecule has 0 spiro atoms. The molecule has 0 heterocycles. The lowest BCUT2D eigenvalue weighted by Gasteiger charge is -2.06. The maximum Gasteiger partial charge on any atom is 0.338 e. The van der Waals surface area contributed by atoms with Crippen LogP contribution in [0.2, 0.25) is 10.0 Å². The molecule has 0 aliphatic carbocycles. The van der Waals surface area contributed by atoms with Crippen molar-refractivity contribution in [3.8, 4) is 5.75 Å². The number of rotatable bonds is 4. The molecule has 0 unspecified atom stereocenters. The quantitative estimate of drug-likeness (QED) is 0.471. The molecule has 0 fully saturated rings. The Morgan fingerprint density at radius 3 is 2.14 bits per heavy atom. The van der Waals surface area contributed by atoms with E-state index in [1.807, 2.05) is 0 Å². The summed E-state index contributed by atoms with van der Waals surface area (Å²) < 4.78 is 9.37. The Kier molecular flexibility index (Phi) is 9.17. The highest BCUT2D eigenvalue weighted by atomic mass is 35.5. The summed E-state index contributed by atoms with van der Waals surface area (Å²) in [5, 5.41) is 0.596. The van der Waals surface area contributed by atoms with Crippen LogP contribution in [0.5, 0.6) is 5.75 Å². The summed E-state index contributed by atoms with van der Waals surface area (Å²) in [6, 6.07) is 4.85. The van der Waals surface area contributed by atoms with Crippen molar-refractivity contribution in [1.29, 1.82) is 0 Å². The van der Waals surface area contributed by atoms with E-state index in [-0.39, 0.29) is 11.7 Å². The Balaban J connectivity index is 0.000000486. The third-order valence-corrected chi connectivity index (χ3v) is 2.51. The number of hydrogen-bond acceptors (Lipinski definition) is 4. The fourth-order valence-corrected chi connectivity index (χ4v) is 1.44. The van der Waals surface area contributed by atoms with Gasteiger partial charge in [-0.3, -0.25) is 0 Å². The van der Waals surface area contributed by atoms with E-state index in [0.717, 1.165) is 6.08 Å². The molecule has 114 valence electrons. The fraction of sp³-hybridized carbons (Fsp3) is 0.200. The number of esters is 2. The second kappa shape index (κ2) is 10.0. The average Bonchev–Trinajstić information content (AvgIpc) is 2.43. The molecule has 0 aliphatic rings. The molecule has 4 nitrogen and oxygen atoms in total. The van der Waals surface area contributed by atoms with Gasteiger partial charge in [0.2, 0.25) is 0 Å².